The molecule has 0 bridgehead atoms. The number of carbonyl (C=O) groups excluding carboxylic acids is 1. The molecule has 3 N–H and O–H groups in total. The van der Waals surface area contributed by atoms with Crippen molar-refractivity contribution in [1.82, 2.24) is 9.97 Å². The molecule has 1 aromatic heterocycles. The second-order valence-corrected chi connectivity index (χ2v) is 7.37. The molecule has 0 saturated carbocycles. The summed E-state index contributed by atoms with van der Waals surface area (Å²) in [4.78, 5) is 33.3. The molecule has 0 radical (unpaired) electrons. The van der Waals surface area contributed by atoms with Crippen LogP contribution in [0.5, 0.6) is 11.8 Å². The predicted molar refractivity (Wildman–Crippen MR) is 108 cm³/mol. The Hall–Kier alpha value is -3.65. The zero-order valence-corrected chi connectivity index (χ0v) is 16.3. The molecule has 152 valence electrons. The van der Waals surface area contributed by atoms with Gasteiger partial charge in [0.2, 0.25) is 0 Å². The average Bonchev–Trinajstić information content (AvgIpc) is 2.99. The first-order valence-electron chi connectivity index (χ1n) is 9.44. The number of aliphatic hydroxyl groups is 1. The molecule has 0 fully saturated rings. The fourth-order valence-electron chi connectivity index (χ4n) is 4.55. The van der Waals surface area contributed by atoms with E-state index < -0.39 is 23.1 Å². The lowest BCUT2D eigenvalue weighted by molar-refractivity contribution is 0.00826. The first kappa shape index (κ1) is 18.4. The van der Waals surface area contributed by atoms with Gasteiger partial charge in [0.25, 0.3) is 11.6 Å². The van der Waals surface area contributed by atoms with Gasteiger partial charge in [0.1, 0.15) is 11.6 Å². The molecule has 0 amide bonds. The van der Waals surface area contributed by atoms with Crippen LogP contribution in [0.3, 0.4) is 0 Å². The fraction of sp³-hybridized carbons (Fsp3) is 0.227. The number of hydrogen-bond donors (Lipinski definition) is 3. The van der Waals surface area contributed by atoms with Crippen LogP contribution in [0.1, 0.15) is 33.0 Å². The fourth-order valence-corrected chi connectivity index (χ4v) is 4.55. The lowest BCUT2D eigenvalue weighted by Crippen LogP contribution is -2.50. The topological polar surface area (TPSA) is 114 Å². The van der Waals surface area contributed by atoms with Crippen molar-refractivity contribution in [3.05, 3.63) is 81.1 Å². The third kappa shape index (κ3) is 2.40. The van der Waals surface area contributed by atoms with Crippen LogP contribution < -0.4 is 20.3 Å². The Bertz CT molecular complexity index is 1220. The summed E-state index contributed by atoms with van der Waals surface area (Å²) in [5.41, 5.74) is -0.289. The zero-order valence-electron chi connectivity index (χ0n) is 16.3. The number of hydrogen-bond acceptors (Lipinski definition) is 7. The first-order valence-corrected chi connectivity index (χ1v) is 9.44. The van der Waals surface area contributed by atoms with Gasteiger partial charge < -0.3 is 19.9 Å². The van der Waals surface area contributed by atoms with Crippen LogP contribution in [0.2, 0.25) is 0 Å². The Labute approximate surface area is 171 Å². The van der Waals surface area contributed by atoms with E-state index in [1.807, 2.05) is 0 Å². The second kappa shape index (κ2) is 6.43. The number of aromatic nitrogens is 2. The quantitative estimate of drug-likeness (QED) is 0.611. The van der Waals surface area contributed by atoms with Crippen LogP contribution in [-0.2, 0) is 5.72 Å². The van der Waals surface area contributed by atoms with Crippen LogP contribution in [-0.4, -0.2) is 35.1 Å². The number of carbonyl (C=O) groups is 1. The summed E-state index contributed by atoms with van der Waals surface area (Å²) in [5, 5.41) is 14.7. The van der Waals surface area contributed by atoms with Crippen molar-refractivity contribution in [2.75, 3.05) is 19.5 Å². The number of benzene rings is 2. The van der Waals surface area contributed by atoms with Gasteiger partial charge >= 0.3 is 0 Å². The molecule has 2 heterocycles. The van der Waals surface area contributed by atoms with Gasteiger partial charge in [-0.3, -0.25) is 14.6 Å². The lowest BCUT2D eigenvalue weighted by atomic mass is 9.73. The van der Waals surface area contributed by atoms with E-state index in [-0.39, 0.29) is 23.2 Å². The van der Waals surface area contributed by atoms with E-state index in [9.17, 15) is 14.7 Å². The van der Waals surface area contributed by atoms with Gasteiger partial charge in [-0.15, -0.1) is 0 Å². The van der Waals surface area contributed by atoms with Crippen LogP contribution in [0.4, 0.5) is 5.82 Å². The number of nitrogens with zero attached hydrogens (tertiary/aromatic N) is 1. The van der Waals surface area contributed by atoms with Crippen molar-refractivity contribution >= 4 is 11.6 Å². The maximum Gasteiger partial charge on any atom is 0.298 e. The number of ether oxygens (including phenoxy) is 2. The minimum atomic E-state index is -1.71. The average molecular weight is 405 g/mol. The lowest BCUT2D eigenvalue weighted by Gasteiger charge is -2.41. The number of methoxy groups -OCH3 is 2. The third-order valence-electron chi connectivity index (χ3n) is 5.89. The first-order chi connectivity index (χ1) is 14.5. The number of H-pyrrole nitrogens is 1. The highest BCUT2D eigenvalue weighted by molar-refractivity contribution is 6.05. The summed E-state index contributed by atoms with van der Waals surface area (Å²) >= 11 is 0. The maximum absolute atomic E-state index is 13.4. The molecule has 30 heavy (non-hydrogen) atoms. The van der Waals surface area contributed by atoms with Crippen LogP contribution in [0.15, 0.2) is 53.3 Å². The van der Waals surface area contributed by atoms with Gasteiger partial charge in [-0.05, 0) is 17.7 Å². The molecule has 2 aromatic carbocycles. The number of ketones is 1. The van der Waals surface area contributed by atoms with Gasteiger partial charge in [-0.25, -0.2) is 0 Å². The molecule has 3 atom stereocenters. The molecule has 1 aliphatic heterocycles. The standard InChI is InChI=1S/C22H19N3O5/c1-29-12-9-7-11(8-10-12)15-16-19(23-21(30-2)24-20(16)27)25-22(28)14-6-4-3-5-13(14)18(26)17(15)22/h3-10,15,17,28H,1-2H3,(H2,23,24,25,27). The molecule has 3 unspecified atom stereocenters. The van der Waals surface area contributed by atoms with Crippen molar-refractivity contribution in [3.8, 4) is 11.8 Å². The SMILES string of the molecule is COc1ccc(C2c3c(nc(OC)[nH]c3=O)NC3(O)c4ccccc4C(=O)C23)cc1. The number of anilines is 1. The number of fused-ring (bicyclic) bond motifs is 4. The molecule has 0 saturated heterocycles. The Morgan fingerprint density at radius 1 is 1.03 bits per heavy atom. The Balaban J connectivity index is 1.79. The molecule has 1 aliphatic carbocycles. The van der Waals surface area contributed by atoms with Crippen molar-refractivity contribution in [2.45, 2.75) is 11.6 Å². The third-order valence-corrected chi connectivity index (χ3v) is 5.89. The number of Topliss-reactive ketones (excluding diaryl/α,β-unsaturated/α-hetero) is 1. The smallest absolute Gasteiger partial charge is 0.298 e. The Morgan fingerprint density at radius 2 is 1.77 bits per heavy atom. The summed E-state index contributed by atoms with van der Waals surface area (Å²) in [6.45, 7) is 0. The zero-order chi connectivity index (χ0) is 21.0. The van der Waals surface area contributed by atoms with Gasteiger partial charge in [-0.1, -0.05) is 36.4 Å². The summed E-state index contributed by atoms with van der Waals surface area (Å²) in [6, 6.07) is 14.0. The van der Waals surface area contributed by atoms with E-state index in [0.29, 0.717) is 22.4 Å². The summed E-state index contributed by atoms with van der Waals surface area (Å²) < 4.78 is 10.3. The van der Waals surface area contributed by atoms with E-state index in [1.165, 1.54) is 7.11 Å². The molecule has 8 nitrogen and oxygen atoms in total. The monoisotopic (exact) mass is 405 g/mol. The van der Waals surface area contributed by atoms with E-state index >= 15 is 0 Å². The van der Waals surface area contributed by atoms with Gasteiger partial charge in [0.05, 0.1) is 25.7 Å². The molecule has 3 aromatic rings. The molecular formula is C22H19N3O5. The van der Waals surface area contributed by atoms with Crippen molar-refractivity contribution in [3.63, 3.8) is 0 Å². The van der Waals surface area contributed by atoms with Crippen molar-refractivity contribution in [2.24, 2.45) is 5.92 Å². The largest absolute Gasteiger partial charge is 0.497 e. The van der Waals surface area contributed by atoms with Gasteiger partial charge in [0, 0.05) is 17.0 Å². The minimum absolute atomic E-state index is 0.0133. The molecule has 2 aliphatic rings. The number of nitrogens with one attached hydrogen (secondary N) is 2. The number of rotatable bonds is 3. The van der Waals surface area contributed by atoms with Crippen LogP contribution >= 0.6 is 0 Å². The highest BCUT2D eigenvalue weighted by Crippen LogP contribution is 2.54. The second-order valence-electron chi connectivity index (χ2n) is 7.37. The predicted octanol–water partition coefficient (Wildman–Crippen LogP) is 2.00. The molecule has 0 spiro atoms. The van der Waals surface area contributed by atoms with E-state index in [2.05, 4.69) is 15.3 Å². The van der Waals surface area contributed by atoms with E-state index in [4.69, 9.17) is 9.47 Å². The maximum atomic E-state index is 13.4. The molecule has 5 rings (SSSR count). The van der Waals surface area contributed by atoms with Crippen LogP contribution in [0, 0.1) is 5.92 Å². The van der Waals surface area contributed by atoms with Crippen molar-refractivity contribution in [1.29, 1.82) is 0 Å². The Morgan fingerprint density at radius 3 is 2.47 bits per heavy atom. The summed E-state index contributed by atoms with van der Waals surface area (Å²) in [5.74, 6) is -1.07. The van der Waals surface area contributed by atoms with Crippen molar-refractivity contribution < 1.29 is 19.4 Å². The summed E-state index contributed by atoms with van der Waals surface area (Å²) in [7, 11) is 2.95. The number of aromatic amines is 1. The summed E-state index contributed by atoms with van der Waals surface area (Å²) in [6.07, 6.45) is 0. The Kier molecular flexibility index (Phi) is 3.94. The van der Waals surface area contributed by atoms with Gasteiger partial charge in [-0.2, -0.15) is 4.98 Å². The molecular weight excluding hydrogens is 386 g/mol. The molecule has 8 heteroatoms. The normalized spacial score (nSPS) is 23.8. The minimum Gasteiger partial charge on any atom is -0.497 e. The van der Waals surface area contributed by atoms with Gasteiger partial charge in [0.15, 0.2) is 11.5 Å². The highest BCUT2D eigenvalue weighted by atomic mass is 16.5. The highest BCUT2D eigenvalue weighted by Gasteiger charge is 2.59. The van der Waals surface area contributed by atoms with E-state index in [0.717, 1.165) is 0 Å². The van der Waals surface area contributed by atoms with E-state index in [1.54, 1.807) is 55.6 Å². The van der Waals surface area contributed by atoms with Crippen LogP contribution in [0.25, 0.3) is 0 Å².